The third-order valence-corrected chi connectivity index (χ3v) is 3.61. The number of aromatic nitrogens is 1. The van der Waals surface area contributed by atoms with Crippen molar-refractivity contribution < 1.29 is 9.53 Å². The molecule has 0 fully saturated rings. The molecule has 96 valence electrons. The van der Waals surface area contributed by atoms with Crippen LogP contribution in [0.5, 0.6) is 0 Å². The zero-order chi connectivity index (χ0) is 12.8. The second-order valence-corrected chi connectivity index (χ2v) is 5.47. The van der Waals surface area contributed by atoms with Gasteiger partial charge in [0.15, 0.2) is 11.4 Å². The third kappa shape index (κ3) is 4.09. The molecule has 0 amide bonds. The number of hydrogen-bond donors (Lipinski definition) is 0. The van der Waals surface area contributed by atoms with Crippen molar-refractivity contribution in [3.8, 4) is 0 Å². The van der Waals surface area contributed by atoms with Crippen molar-refractivity contribution in [1.29, 1.82) is 0 Å². The van der Waals surface area contributed by atoms with E-state index in [1.54, 1.807) is 7.11 Å². The fourth-order valence-corrected chi connectivity index (χ4v) is 2.26. The molecule has 0 saturated carbocycles. The van der Waals surface area contributed by atoms with Gasteiger partial charge in [0.25, 0.3) is 0 Å². The molecule has 5 heteroatoms. The van der Waals surface area contributed by atoms with Crippen molar-refractivity contribution in [3.63, 3.8) is 0 Å². The first-order valence-electron chi connectivity index (χ1n) is 5.73. The monoisotopic (exact) mass is 256 g/mol. The molecule has 0 aromatic carbocycles. The molecule has 0 aliphatic heterocycles. The van der Waals surface area contributed by atoms with Gasteiger partial charge in [-0.15, -0.1) is 0 Å². The summed E-state index contributed by atoms with van der Waals surface area (Å²) in [5.74, 6) is 0.668. The highest BCUT2D eigenvalue weighted by atomic mass is 32.1. The Kier molecular flexibility index (Phi) is 5.58. The van der Waals surface area contributed by atoms with E-state index in [0.29, 0.717) is 17.4 Å². The zero-order valence-electron chi connectivity index (χ0n) is 10.9. The maximum absolute atomic E-state index is 10.9. The first-order chi connectivity index (χ1) is 8.08. The topological polar surface area (TPSA) is 42.4 Å². The molecule has 0 spiro atoms. The quantitative estimate of drug-likeness (QED) is 0.703. The Hall–Kier alpha value is -0.940. The van der Waals surface area contributed by atoms with E-state index in [2.05, 4.69) is 23.7 Å². The molecule has 1 heterocycles. The number of anilines is 1. The van der Waals surface area contributed by atoms with Crippen LogP contribution < -0.4 is 4.90 Å². The van der Waals surface area contributed by atoms with E-state index >= 15 is 0 Å². The number of ether oxygens (including phenoxy) is 1. The van der Waals surface area contributed by atoms with Crippen LogP contribution in [0.15, 0.2) is 0 Å². The van der Waals surface area contributed by atoms with Gasteiger partial charge in [-0.3, -0.25) is 4.79 Å². The number of nitrogens with zero attached hydrogens (tertiary/aromatic N) is 2. The van der Waals surface area contributed by atoms with Gasteiger partial charge in [-0.1, -0.05) is 25.2 Å². The smallest absolute Gasteiger partial charge is 0.186 e. The molecule has 0 atom stereocenters. The normalized spacial score (nSPS) is 10.9. The van der Waals surface area contributed by atoms with Gasteiger partial charge in [0.05, 0.1) is 17.2 Å². The van der Waals surface area contributed by atoms with Crippen molar-refractivity contribution in [1.82, 2.24) is 4.98 Å². The van der Waals surface area contributed by atoms with E-state index in [1.807, 2.05) is 7.05 Å². The number of rotatable bonds is 7. The second kappa shape index (κ2) is 6.71. The van der Waals surface area contributed by atoms with Gasteiger partial charge in [-0.2, -0.15) is 0 Å². The van der Waals surface area contributed by atoms with Crippen LogP contribution in [0.4, 0.5) is 5.13 Å². The lowest BCUT2D eigenvalue weighted by atomic mass is 10.1. The first kappa shape index (κ1) is 14.1. The average molecular weight is 256 g/mol. The Labute approximate surface area is 107 Å². The van der Waals surface area contributed by atoms with Crippen LogP contribution in [0.2, 0.25) is 0 Å². The fraction of sp³-hybridized carbons (Fsp3) is 0.667. The molecule has 0 N–H and O–H groups in total. The van der Waals surface area contributed by atoms with Gasteiger partial charge in [0.2, 0.25) is 0 Å². The molecule has 0 radical (unpaired) electrons. The van der Waals surface area contributed by atoms with Gasteiger partial charge in [-0.25, -0.2) is 4.98 Å². The number of thiazole rings is 1. The molecule has 0 aliphatic carbocycles. The summed E-state index contributed by atoms with van der Waals surface area (Å²) >= 11 is 1.43. The maximum atomic E-state index is 10.9. The number of hydrogen-bond acceptors (Lipinski definition) is 5. The van der Waals surface area contributed by atoms with Gasteiger partial charge in [0.1, 0.15) is 0 Å². The lowest BCUT2D eigenvalue weighted by molar-refractivity contribution is 0.112. The minimum absolute atomic E-state index is 0.391. The van der Waals surface area contributed by atoms with Gasteiger partial charge in [0, 0.05) is 20.7 Å². The summed E-state index contributed by atoms with van der Waals surface area (Å²) in [5.41, 5.74) is 0.735. The molecule has 1 rings (SSSR count). The Bertz CT molecular complexity index is 363. The predicted octanol–water partition coefficient (Wildman–Crippen LogP) is 2.58. The van der Waals surface area contributed by atoms with Crippen LogP contribution in [0.1, 0.15) is 35.6 Å². The van der Waals surface area contributed by atoms with Crippen molar-refractivity contribution in [2.45, 2.75) is 26.9 Å². The van der Waals surface area contributed by atoms with Gasteiger partial charge >= 0.3 is 0 Å². The van der Waals surface area contributed by atoms with Crippen LogP contribution in [0, 0.1) is 5.92 Å². The summed E-state index contributed by atoms with van der Waals surface area (Å²) in [5, 5.41) is 0.889. The van der Waals surface area contributed by atoms with Crippen molar-refractivity contribution in [2.75, 3.05) is 25.6 Å². The second-order valence-electron chi connectivity index (χ2n) is 4.46. The number of aldehydes is 1. The predicted molar refractivity (Wildman–Crippen MR) is 70.9 cm³/mol. The molecule has 1 aromatic rings. The summed E-state index contributed by atoms with van der Waals surface area (Å²) in [6, 6.07) is 0. The van der Waals surface area contributed by atoms with Crippen LogP contribution in [-0.4, -0.2) is 32.0 Å². The molecule has 0 aliphatic rings. The molecule has 0 saturated heterocycles. The highest BCUT2D eigenvalue weighted by molar-refractivity contribution is 7.17. The molecular weight excluding hydrogens is 236 g/mol. The Morgan fingerprint density at radius 1 is 1.53 bits per heavy atom. The molecule has 0 bridgehead atoms. The van der Waals surface area contributed by atoms with Crippen molar-refractivity contribution in [2.24, 2.45) is 5.92 Å². The minimum atomic E-state index is 0.391. The summed E-state index contributed by atoms with van der Waals surface area (Å²) in [7, 11) is 3.61. The Morgan fingerprint density at radius 3 is 2.76 bits per heavy atom. The summed E-state index contributed by atoms with van der Waals surface area (Å²) in [6.07, 6.45) is 1.97. The maximum Gasteiger partial charge on any atom is 0.186 e. The van der Waals surface area contributed by atoms with Crippen molar-refractivity contribution >= 4 is 22.8 Å². The molecule has 17 heavy (non-hydrogen) atoms. The largest absolute Gasteiger partial charge is 0.378 e. The van der Waals surface area contributed by atoms with E-state index in [4.69, 9.17) is 4.74 Å². The van der Waals surface area contributed by atoms with Gasteiger partial charge in [-0.05, 0) is 12.3 Å². The van der Waals surface area contributed by atoms with E-state index < -0.39 is 0 Å². The third-order valence-electron chi connectivity index (χ3n) is 2.47. The van der Waals surface area contributed by atoms with E-state index in [9.17, 15) is 4.79 Å². The summed E-state index contributed by atoms with van der Waals surface area (Å²) in [6.45, 7) is 5.74. The minimum Gasteiger partial charge on any atom is -0.378 e. The van der Waals surface area contributed by atoms with Crippen LogP contribution in [0.25, 0.3) is 0 Å². The highest BCUT2D eigenvalue weighted by Gasteiger charge is 2.13. The van der Waals surface area contributed by atoms with Crippen LogP contribution >= 0.6 is 11.3 Å². The Balaban J connectivity index is 2.73. The summed E-state index contributed by atoms with van der Waals surface area (Å²) in [4.78, 5) is 18.1. The highest BCUT2D eigenvalue weighted by Crippen LogP contribution is 2.25. The summed E-state index contributed by atoms with van der Waals surface area (Å²) < 4.78 is 5.03. The number of carbonyl (C=O) groups is 1. The first-order valence-corrected chi connectivity index (χ1v) is 6.55. The van der Waals surface area contributed by atoms with Crippen molar-refractivity contribution in [3.05, 3.63) is 10.6 Å². The lowest BCUT2D eigenvalue weighted by Gasteiger charge is -2.16. The van der Waals surface area contributed by atoms with E-state index in [1.165, 1.54) is 11.3 Å². The van der Waals surface area contributed by atoms with E-state index in [0.717, 1.165) is 30.1 Å². The van der Waals surface area contributed by atoms with Crippen LogP contribution in [-0.2, 0) is 11.3 Å². The SMILES string of the molecule is COCc1nc(N(C)CCC(C)C)sc1C=O. The molecular formula is C12H20N2O2S. The van der Waals surface area contributed by atoms with E-state index in [-0.39, 0.29) is 0 Å². The zero-order valence-corrected chi connectivity index (χ0v) is 11.7. The fourth-order valence-electron chi connectivity index (χ4n) is 1.39. The van der Waals surface area contributed by atoms with Gasteiger partial charge < -0.3 is 9.64 Å². The molecule has 0 unspecified atom stereocenters. The lowest BCUT2D eigenvalue weighted by Crippen LogP contribution is -2.19. The Morgan fingerprint density at radius 2 is 2.24 bits per heavy atom. The molecule has 4 nitrogen and oxygen atoms in total. The number of methoxy groups -OCH3 is 1. The molecule has 1 aromatic heterocycles. The number of carbonyl (C=O) groups excluding carboxylic acids is 1. The standard InChI is InChI=1S/C12H20N2O2S/c1-9(2)5-6-14(3)12-13-10(8-16-4)11(7-15)17-12/h7,9H,5-6,8H2,1-4H3. The van der Waals surface area contributed by atoms with Crippen LogP contribution in [0.3, 0.4) is 0 Å². The average Bonchev–Trinajstić information content (AvgIpc) is 2.69.